The summed E-state index contributed by atoms with van der Waals surface area (Å²) in [5.41, 5.74) is -0.0643. The summed E-state index contributed by atoms with van der Waals surface area (Å²) in [6, 6.07) is 9.82. The first-order valence-corrected chi connectivity index (χ1v) is 5.72. The SMILES string of the molecule is COC1=NC(C)(c2ccccc2)C(=O)N1N(C)C. The third kappa shape index (κ3) is 1.76. The third-order valence-electron chi connectivity index (χ3n) is 3.03. The lowest BCUT2D eigenvalue weighted by Crippen LogP contribution is -2.47. The Morgan fingerprint density at radius 2 is 1.89 bits per heavy atom. The number of benzene rings is 1. The summed E-state index contributed by atoms with van der Waals surface area (Å²) < 4.78 is 5.19. The smallest absolute Gasteiger partial charge is 0.310 e. The molecular weight excluding hydrogens is 230 g/mol. The molecule has 0 bridgehead atoms. The lowest BCUT2D eigenvalue weighted by atomic mass is 9.92. The number of nitrogens with zero attached hydrogens (tertiary/aromatic N) is 3. The van der Waals surface area contributed by atoms with Crippen LogP contribution in [0.2, 0.25) is 0 Å². The van der Waals surface area contributed by atoms with Crippen molar-refractivity contribution < 1.29 is 9.53 Å². The number of ether oxygens (including phenoxy) is 1. The van der Waals surface area contributed by atoms with E-state index >= 15 is 0 Å². The minimum atomic E-state index is -0.920. The summed E-state index contributed by atoms with van der Waals surface area (Å²) in [6.45, 7) is 1.80. The standard InChI is InChI=1S/C13H17N3O2/c1-13(10-8-6-5-7-9-10)11(17)16(15(2)3)12(14-13)18-4/h5-9H,1-4H3. The summed E-state index contributed by atoms with van der Waals surface area (Å²) in [5.74, 6) is -0.115. The quantitative estimate of drug-likeness (QED) is 0.789. The number of rotatable bonds is 2. The molecule has 5 heteroatoms. The van der Waals surface area contributed by atoms with Gasteiger partial charge in [0, 0.05) is 14.1 Å². The van der Waals surface area contributed by atoms with E-state index in [2.05, 4.69) is 4.99 Å². The molecule has 0 spiro atoms. The van der Waals surface area contributed by atoms with Crippen molar-refractivity contribution in [3.63, 3.8) is 0 Å². The molecule has 0 N–H and O–H groups in total. The van der Waals surface area contributed by atoms with Crippen LogP contribution < -0.4 is 0 Å². The van der Waals surface area contributed by atoms with Gasteiger partial charge in [-0.2, -0.15) is 5.01 Å². The van der Waals surface area contributed by atoms with Gasteiger partial charge in [-0.05, 0) is 12.5 Å². The third-order valence-corrected chi connectivity index (χ3v) is 3.03. The fraction of sp³-hybridized carbons (Fsp3) is 0.385. The number of hydrogen-bond acceptors (Lipinski definition) is 4. The van der Waals surface area contributed by atoms with Crippen LogP contribution in [0.1, 0.15) is 12.5 Å². The summed E-state index contributed by atoms with van der Waals surface area (Å²) in [6.07, 6.45) is 0. The Bertz CT molecular complexity index is 484. The van der Waals surface area contributed by atoms with E-state index in [0.717, 1.165) is 5.56 Å². The van der Waals surface area contributed by atoms with Crippen LogP contribution in [0, 0.1) is 0 Å². The van der Waals surface area contributed by atoms with Crippen LogP contribution in [-0.4, -0.2) is 43.2 Å². The van der Waals surface area contributed by atoms with Crippen LogP contribution >= 0.6 is 0 Å². The van der Waals surface area contributed by atoms with Crippen LogP contribution in [0.5, 0.6) is 0 Å². The first kappa shape index (κ1) is 12.6. The number of hydrogen-bond donors (Lipinski definition) is 0. The van der Waals surface area contributed by atoms with Gasteiger partial charge in [-0.1, -0.05) is 30.3 Å². The summed E-state index contributed by atoms with van der Waals surface area (Å²) in [7, 11) is 5.08. The van der Waals surface area contributed by atoms with E-state index in [0.29, 0.717) is 6.02 Å². The number of carbonyl (C=O) groups is 1. The molecule has 1 atom stereocenters. The molecule has 1 unspecified atom stereocenters. The average Bonchev–Trinajstić information content (AvgIpc) is 2.64. The number of amides is 1. The largest absolute Gasteiger partial charge is 0.467 e. The molecular formula is C13H17N3O2. The highest BCUT2D eigenvalue weighted by Crippen LogP contribution is 2.33. The van der Waals surface area contributed by atoms with Crippen molar-refractivity contribution in [2.45, 2.75) is 12.5 Å². The first-order chi connectivity index (χ1) is 8.50. The molecule has 0 saturated heterocycles. The molecule has 0 aromatic heterocycles. The lowest BCUT2D eigenvalue weighted by Gasteiger charge is -2.26. The number of aliphatic imine (C=N–C) groups is 1. The molecule has 1 aliphatic rings. The van der Waals surface area contributed by atoms with Crippen LogP contribution in [0.3, 0.4) is 0 Å². The van der Waals surface area contributed by atoms with E-state index in [1.807, 2.05) is 30.3 Å². The van der Waals surface area contributed by atoms with Crippen LogP contribution in [-0.2, 0) is 15.1 Å². The molecule has 96 valence electrons. The molecule has 1 aliphatic heterocycles. The highest BCUT2D eigenvalue weighted by molar-refractivity contribution is 6.04. The van der Waals surface area contributed by atoms with E-state index < -0.39 is 5.54 Å². The molecule has 18 heavy (non-hydrogen) atoms. The Hall–Kier alpha value is -1.88. The van der Waals surface area contributed by atoms with Gasteiger partial charge in [0.1, 0.15) is 0 Å². The second-order valence-corrected chi connectivity index (χ2v) is 4.50. The van der Waals surface area contributed by atoms with E-state index in [9.17, 15) is 4.79 Å². The van der Waals surface area contributed by atoms with Crippen molar-refractivity contribution in [2.75, 3.05) is 21.2 Å². The fourth-order valence-corrected chi connectivity index (χ4v) is 2.02. The van der Waals surface area contributed by atoms with E-state index in [-0.39, 0.29) is 5.91 Å². The van der Waals surface area contributed by atoms with Crippen molar-refractivity contribution in [2.24, 2.45) is 4.99 Å². The Morgan fingerprint density at radius 3 is 2.33 bits per heavy atom. The van der Waals surface area contributed by atoms with E-state index in [1.165, 1.54) is 12.1 Å². The lowest BCUT2D eigenvalue weighted by molar-refractivity contribution is -0.140. The number of methoxy groups -OCH3 is 1. The molecule has 1 aromatic carbocycles. The second-order valence-electron chi connectivity index (χ2n) is 4.50. The average molecular weight is 247 g/mol. The maximum atomic E-state index is 12.5. The Morgan fingerprint density at radius 1 is 1.28 bits per heavy atom. The molecule has 0 radical (unpaired) electrons. The van der Waals surface area contributed by atoms with Crippen molar-refractivity contribution in [1.29, 1.82) is 0 Å². The second kappa shape index (κ2) is 4.42. The molecule has 1 amide bonds. The number of carbonyl (C=O) groups excluding carboxylic acids is 1. The van der Waals surface area contributed by atoms with Gasteiger partial charge in [-0.15, -0.1) is 0 Å². The zero-order chi connectivity index (χ0) is 13.3. The van der Waals surface area contributed by atoms with Gasteiger partial charge < -0.3 is 4.74 Å². The van der Waals surface area contributed by atoms with Crippen molar-refractivity contribution in [1.82, 2.24) is 10.0 Å². The van der Waals surface area contributed by atoms with Gasteiger partial charge in [0.2, 0.25) is 0 Å². The normalized spacial score (nSPS) is 23.5. The van der Waals surface area contributed by atoms with E-state index in [4.69, 9.17) is 4.74 Å². The van der Waals surface area contributed by atoms with Crippen LogP contribution in [0.15, 0.2) is 35.3 Å². The minimum Gasteiger partial charge on any atom is -0.467 e. The maximum absolute atomic E-state index is 12.5. The Kier molecular flexibility index (Phi) is 3.09. The van der Waals surface area contributed by atoms with Gasteiger partial charge in [-0.25, -0.2) is 10.0 Å². The molecule has 1 aromatic rings. The van der Waals surface area contributed by atoms with Crippen molar-refractivity contribution >= 4 is 11.9 Å². The van der Waals surface area contributed by atoms with Crippen molar-refractivity contribution in [3.8, 4) is 0 Å². The molecule has 0 saturated carbocycles. The van der Waals surface area contributed by atoms with Crippen molar-refractivity contribution in [3.05, 3.63) is 35.9 Å². The van der Waals surface area contributed by atoms with Gasteiger partial charge in [0.15, 0.2) is 5.54 Å². The van der Waals surface area contributed by atoms with Gasteiger partial charge in [-0.3, -0.25) is 4.79 Å². The van der Waals surface area contributed by atoms with E-state index in [1.54, 1.807) is 26.0 Å². The molecule has 0 aliphatic carbocycles. The van der Waals surface area contributed by atoms with Gasteiger partial charge in [0.05, 0.1) is 7.11 Å². The van der Waals surface area contributed by atoms with Gasteiger partial charge in [0.25, 0.3) is 5.91 Å². The topological polar surface area (TPSA) is 45.1 Å². The van der Waals surface area contributed by atoms with Crippen LogP contribution in [0.4, 0.5) is 0 Å². The predicted octanol–water partition coefficient (Wildman–Crippen LogP) is 1.22. The molecule has 0 fully saturated rings. The van der Waals surface area contributed by atoms with Gasteiger partial charge >= 0.3 is 6.02 Å². The monoisotopic (exact) mass is 247 g/mol. The first-order valence-electron chi connectivity index (χ1n) is 5.72. The Balaban J connectivity index is 2.47. The fourth-order valence-electron chi connectivity index (χ4n) is 2.02. The molecule has 5 nitrogen and oxygen atoms in total. The zero-order valence-corrected chi connectivity index (χ0v) is 11.0. The summed E-state index contributed by atoms with van der Waals surface area (Å²) >= 11 is 0. The highest BCUT2D eigenvalue weighted by Gasteiger charge is 2.48. The summed E-state index contributed by atoms with van der Waals surface area (Å²) in [4.78, 5) is 16.9. The maximum Gasteiger partial charge on any atom is 0.310 e. The number of hydrazine groups is 1. The Labute approximate surface area is 107 Å². The molecule has 2 rings (SSSR count). The number of amidine groups is 1. The zero-order valence-electron chi connectivity index (χ0n) is 11.0. The predicted molar refractivity (Wildman–Crippen MR) is 68.8 cm³/mol. The highest BCUT2D eigenvalue weighted by atomic mass is 16.5. The summed E-state index contributed by atoms with van der Waals surface area (Å²) in [5, 5.41) is 3.10. The minimum absolute atomic E-state index is 0.115. The molecule has 1 heterocycles. The van der Waals surface area contributed by atoms with Crippen LogP contribution in [0.25, 0.3) is 0 Å².